The van der Waals surface area contributed by atoms with Gasteiger partial charge in [-0.25, -0.2) is 5.84 Å². The summed E-state index contributed by atoms with van der Waals surface area (Å²) < 4.78 is 6.43. The molecule has 2 aromatic carbocycles. The van der Waals surface area contributed by atoms with Crippen LogP contribution >= 0.6 is 15.9 Å². The lowest BCUT2D eigenvalue weighted by molar-refractivity contribution is 0.0733. The van der Waals surface area contributed by atoms with Gasteiger partial charge in [-0.2, -0.15) is 0 Å². The number of benzene rings is 2. The number of hydrazine groups is 1. The highest BCUT2D eigenvalue weighted by atomic mass is 79.9. The van der Waals surface area contributed by atoms with E-state index < -0.39 is 0 Å². The number of nitrogens with zero attached hydrogens (tertiary/aromatic N) is 1. The number of carbonyl (C=O) groups excluding carboxylic acids is 1. The van der Waals surface area contributed by atoms with Gasteiger partial charge in [0.05, 0.1) is 12.1 Å². The van der Waals surface area contributed by atoms with Crippen molar-refractivity contribution in [3.8, 4) is 0 Å². The van der Waals surface area contributed by atoms with Crippen LogP contribution in [-0.4, -0.2) is 10.9 Å². The van der Waals surface area contributed by atoms with Gasteiger partial charge in [0.25, 0.3) is 5.91 Å². The Bertz CT molecular complexity index is 811. The first-order chi connectivity index (χ1) is 10.5. The van der Waals surface area contributed by atoms with Gasteiger partial charge in [-0.05, 0) is 30.3 Å². The van der Waals surface area contributed by atoms with Crippen molar-refractivity contribution in [1.29, 1.82) is 0 Å². The fraction of sp³-hybridized carbons (Fsp3) is 0.0625. The second-order valence-electron chi connectivity index (χ2n) is 4.92. The number of hydrogen-bond acceptors (Lipinski definition) is 4. The van der Waals surface area contributed by atoms with Crippen molar-refractivity contribution in [2.45, 2.75) is 6.54 Å². The Morgan fingerprint density at radius 1 is 1.18 bits per heavy atom. The highest BCUT2D eigenvalue weighted by molar-refractivity contribution is 9.10. The van der Waals surface area contributed by atoms with Gasteiger partial charge in [0.1, 0.15) is 11.3 Å². The SMILES string of the molecule is Nc1ccc(Br)cc1C(=O)N(N)Cc1cc2ccccc2o1. The monoisotopic (exact) mass is 359 g/mol. The molecule has 0 atom stereocenters. The van der Waals surface area contributed by atoms with Crippen LogP contribution in [0.3, 0.4) is 0 Å². The predicted molar refractivity (Wildman–Crippen MR) is 88.8 cm³/mol. The van der Waals surface area contributed by atoms with Crippen LogP contribution in [0.4, 0.5) is 5.69 Å². The minimum atomic E-state index is -0.362. The third kappa shape index (κ3) is 2.84. The van der Waals surface area contributed by atoms with E-state index in [1.54, 1.807) is 18.2 Å². The van der Waals surface area contributed by atoms with E-state index in [0.717, 1.165) is 20.5 Å². The Hall–Kier alpha value is -2.31. The topological polar surface area (TPSA) is 85.5 Å². The van der Waals surface area contributed by atoms with Gasteiger partial charge >= 0.3 is 0 Å². The maximum Gasteiger partial charge on any atom is 0.270 e. The number of nitrogen functional groups attached to an aromatic ring is 1. The van der Waals surface area contributed by atoms with Crippen LogP contribution in [-0.2, 0) is 6.54 Å². The zero-order valence-electron chi connectivity index (χ0n) is 11.6. The number of halogens is 1. The number of fused-ring (bicyclic) bond motifs is 1. The van der Waals surface area contributed by atoms with Gasteiger partial charge in [-0.15, -0.1) is 0 Å². The Morgan fingerprint density at radius 3 is 2.73 bits per heavy atom. The number of hydrogen-bond donors (Lipinski definition) is 2. The van der Waals surface area contributed by atoms with Gasteiger partial charge in [0.15, 0.2) is 0 Å². The van der Waals surface area contributed by atoms with Crippen molar-refractivity contribution in [2.75, 3.05) is 5.73 Å². The van der Waals surface area contributed by atoms with Gasteiger partial charge in [-0.3, -0.25) is 9.80 Å². The maximum absolute atomic E-state index is 12.4. The molecule has 1 amide bonds. The third-order valence-corrected chi connectivity index (χ3v) is 3.80. The van der Waals surface area contributed by atoms with E-state index in [9.17, 15) is 4.79 Å². The molecule has 0 radical (unpaired) electrons. The summed E-state index contributed by atoms with van der Waals surface area (Å²) in [5.41, 5.74) is 7.34. The summed E-state index contributed by atoms with van der Waals surface area (Å²) in [5.74, 6) is 6.13. The van der Waals surface area contributed by atoms with E-state index in [1.807, 2.05) is 30.3 Å². The molecule has 0 saturated heterocycles. The number of carbonyl (C=O) groups is 1. The van der Waals surface area contributed by atoms with E-state index in [1.165, 1.54) is 0 Å². The lowest BCUT2D eigenvalue weighted by atomic mass is 10.1. The van der Waals surface area contributed by atoms with Crippen LogP contribution in [0.15, 0.2) is 57.4 Å². The van der Waals surface area contributed by atoms with Crippen molar-refractivity contribution >= 4 is 38.5 Å². The zero-order valence-corrected chi connectivity index (χ0v) is 13.2. The molecule has 1 aromatic heterocycles. The molecule has 112 valence electrons. The van der Waals surface area contributed by atoms with E-state index in [4.69, 9.17) is 16.0 Å². The van der Waals surface area contributed by atoms with Crippen molar-refractivity contribution in [3.63, 3.8) is 0 Å². The van der Waals surface area contributed by atoms with Gasteiger partial charge in [0.2, 0.25) is 0 Å². The van der Waals surface area contributed by atoms with Crippen LogP contribution < -0.4 is 11.6 Å². The summed E-state index contributed by atoms with van der Waals surface area (Å²) in [6.07, 6.45) is 0. The summed E-state index contributed by atoms with van der Waals surface area (Å²) in [6, 6.07) is 14.6. The molecule has 5 nitrogen and oxygen atoms in total. The van der Waals surface area contributed by atoms with Gasteiger partial charge in [-0.1, -0.05) is 34.1 Å². The normalized spacial score (nSPS) is 10.8. The highest BCUT2D eigenvalue weighted by Crippen LogP contribution is 2.22. The van der Waals surface area contributed by atoms with Crippen molar-refractivity contribution in [3.05, 3.63) is 64.3 Å². The molecule has 0 spiro atoms. The Balaban J connectivity index is 1.82. The fourth-order valence-corrected chi connectivity index (χ4v) is 2.58. The maximum atomic E-state index is 12.4. The van der Waals surface area contributed by atoms with Crippen LogP contribution in [0.1, 0.15) is 16.1 Å². The number of rotatable bonds is 3. The quantitative estimate of drug-likeness (QED) is 0.325. The van der Waals surface area contributed by atoms with E-state index in [2.05, 4.69) is 15.9 Å². The van der Waals surface area contributed by atoms with Crippen LogP contribution in [0.25, 0.3) is 11.0 Å². The lowest BCUT2D eigenvalue weighted by Gasteiger charge is -2.16. The molecule has 0 unspecified atom stereocenters. The molecule has 4 N–H and O–H groups in total. The summed E-state index contributed by atoms with van der Waals surface area (Å²) in [6.45, 7) is 0.166. The van der Waals surface area contributed by atoms with Crippen LogP contribution in [0.5, 0.6) is 0 Å². The molecule has 0 aliphatic rings. The molecule has 3 aromatic rings. The zero-order chi connectivity index (χ0) is 15.7. The van der Waals surface area contributed by atoms with E-state index >= 15 is 0 Å². The predicted octanol–water partition coefficient (Wildman–Crippen LogP) is 3.29. The summed E-state index contributed by atoms with van der Waals surface area (Å²) >= 11 is 3.32. The summed E-state index contributed by atoms with van der Waals surface area (Å²) in [7, 11) is 0. The second-order valence-corrected chi connectivity index (χ2v) is 5.83. The number of amides is 1. The summed E-state index contributed by atoms with van der Waals surface area (Å²) in [4.78, 5) is 12.4. The third-order valence-electron chi connectivity index (χ3n) is 3.31. The number of nitrogens with two attached hydrogens (primary N) is 2. The van der Waals surface area contributed by atoms with Gasteiger partial charge < -0.3 is 10.2 Å². The first-order valence-electron chi connectivity index (χ1n) is 6.63. The van der Waals surface area contributed by atoms with Crippen LogP contribution in [0, 0.1) is 0 Å². The standard InChI is InChI=1S/C16H14BrN3O2/c17-11-5-6-14(18)13(8-11)16(21)20(19)9-12-7-10-3-1-2-4-15(10)22-12/h1-8H,9,18-19H2. The Morgan fingerprint density at radius 2 is 1.95 bits per heavy atom. The Labute approximate surface area is 135 Å². The Kier molecular flexibility index (Phi) is 3.87. The molecule has 3 rings (SSSR count). The second kappa shape index (κ2) is 5.82. The minimum absolute atomic E-state index is 0.166. The first kappa shape index (κ1) is 14.6. The van der Waals surface area contributed by atoms with Crippen molar-refractivity contribution in [1.82, 2.24) is 5.01 Å². The van der Waals surface area contributed by atoms with Crippen molar-refractivity contribution < 1.29 is 9.21 Å². The average Bonchev–Trinajstić information content (AvgIpc) is 2.91. The van der Waals surface area contributed by atoms with Crippen LogP contribution in [0.2, 0.25) is 0 Å². The fourth-order valence-electron chi connectivity index (χ4n) is 2.22. The number of para-hydroxylation sites is 1. The molecule has 0 bridgehead atoms. The molecule has 1 heterocycles. The minimum Gasteiger partial charge on any atom is -0.459 e. The molecule has 0 fully saturated rings. The largest absolute Gasteiger partial charge is 0.459 e. The molecule has 0 aliphatic heterocycles. The first-order valence-corrected chi connectivity index (χ1v) is 7.43. The van der Waals surface area contributed by atoms with E-state index in [0.29, 0.717) is 17.0 Å². The molecule has 22 heavy (non-hydrogen) atoms. The average molecular weight is 360 g/mol. The highest BCUT2D eigenvalue weighted by Gasteiger charge is 2.17. The molecule has 0 saturated carbocycles. The van der Waals surface area contributed by atoms with Crippen molar-refractivity contribution in [2.24, 2.45) is 5.84 Å². The number of furan rings is 1. The molecular weight excluding hydrogens is 346 g/mol. The van der Waals surface area contributed by atoms with Gasteiger partial charge in [0, 0.05) is 15.5 Å². The molecule has 0 aliphatic carbocycles. The van der Waals surface area contributed by atoms with E-state index in [-0.39, 0.29) is 12.5 Å². The molecule has 6 heteroatoms. The smallest absolute Gasteiger partial charge is 0.270 e. The summed E-state index contributed by atoms with van der Waals surface area (Å²) in [5, 5.41) is 2.07. The molecular formula is C16H14BrN3O2. The lowest BCUT2D eigenvalue weighted by Crippen LogP contribution is -2.37. The number of anilines is 1.